The van der Waals surface area contributed by atoms with Crippen molar-refractivity contribution in [2.75, 3.05) is 12.4 Å². The number of carbonyl (C=O) groups excluding carboxylic acids is 1. The topological polar surface area (TPSA) is 29.1 Å². The van der Waals surface area contributed by atoms with E-state index >= 15 is 0 Å². The van der Waals surface area contributed by atoms with Crippen LogP contribution in [0.1, 0.15) is 0 Å². The highest BCUT2D eigenvalue weighted by atomic mass is 35.5. The van der Waals surface area contributed by atoms with E-state index in [1.54, 1.807) is 0 Å². The van der Waals surface area contributed by atoms with Gasteiger partial charge in [0.05, 0.1) is 0 Å². The Morgan fingerprint density at radius 2 is 2.15 bits per heavy atom. The number of halogens is 5. The molecule has 1 aliphatic heterocycles. The van der Waals surface area contributed by atoms with Gasteiger partial charge in [-0.3, -0.25) is 4.79 Å². The molecule has 1 amide bonds. The summed E-state index contributed by atoms with van der Waals surface area (Å²) in [6.07, 6.45) is -4.77. The van der Waals surface area contributed by atoms with Crippen LogP contribution < -0.4 is 5.32 Å². The van der Waals surface area contributed by atoms with Crippen molar-refractivity contribution in [3.63, 3.8) is 0 Å². The molecule has 0 spiro atoms. The van der Waals surface area contributed by atoms with Gasteiger partial charge in [0, 0.05) is 18.3 Å². The average Bonchev–Trinajstić information content (AvgIpc) is 2.29. The van der Waals surface area contributed by atoms with E-state index in [9.17, 15) is 18.0 Å². The number of alkyl halides is 5. The Bertz CT molecular complexity index is 232. The van der Waals surface area contributed by atoms with E-state index in [4.69, 9.17) is 23.2 Å². The van der Waals surface area contributed by atoms with Gasteiger partial charge in [-0.1, -0.05) is 11.6 Å². The Kier molecular flexibility index (Phi) is 2.69. The maximum absolute atomic E-state index is 12.4. The fourth-order valence-corrected chi connectivity index (χ4v) is 1.83. The van der Waals surface area contributed by atoms with E-state index in [2.05, 4.69) is 0 Å². The summed E-state index contributed by atoms with van der Waals surface area (Å²) in [6.45, 7) is -0.134. The molecule has 13 heavy (non-hydrogen) atoms. The summed E-state index contributed by atoms with van der Waals surface area (Å²) >= 11 is 10.5. The molecule has 76 valence electrons. The Balaban J connectivity index is 3.03. The van der Waals surface area contributed by atoms with E-state index in [0.717, 1.165) is 0 Å². The van der Waals surface area contributed by atoms with Crippen LogP contribution in [0.3, 0.4) is 0 Å². The van der Waals surface area contributed by atoms with Gasteiger partial charge < -0.3 is 5.32 Å². The van der Waals surface area contributed by atoms with Crippen LogP contribution in [0.2, 0.25) is 0 Å². The highest BCUT2D eigenvalue weighted by Gasteiger charge is 2.66. The first-order valence-electron chi connectivity index (χ1n) is 3.44. The van der Waals surface area contributed by atoms with Crippen molar-refractivity contribution < 1.29 is 18.0 Å². The first kappa shape index (κ1) is 10.9. The number of hydrogen-bond donors (Lipinski definition) is 1. The fraction of sp³-hybridized carbons (Fsp3) is 0.833. The largest absolute Gasteiger partial charge is 0.416 e. The predicted molar refractivity (Wildman–Crippen MR) is 41.9 cm³/mol. The quantitative estimate of drug-likeness (QED) is 0.687. The van der Waals surface area contributed by atoms with E-state index in [0.29, 0.717) is 0 Å². The third-order valence-corrected chi connectivity index (χ3v) is 3.07. The van der Waals surface area contributed by atoms with Crippen molar-refractivity contribution in [1.29, 1.82) is 0 Å². The highest BCUT2D eigenvalue weighted by Crippen LogP contribution is 2.45. The summed E-state index contributed by atoms with van der Waals surface area (Å²) in [7, 11) is 0. The molecule has 1 N–H and O–H groups in total. The van der Waals surface area contributed by atoms with Crippen LogP contribution in [-0.2, 0) is 4.79 Å². The lowest BCUT2D eigenvalue weighted by molar-refractivity contribution is -0.174. The Labute approximate surface area is 82.4 Å². The average molecular weight is 236 g/mol. The van der Waals surface area contributed by atoms with Gasteiger partial charge in [-0.05, 0) is 0 Å². The third-order valence-electron chi connectivity index (χ3n) is 2.00. The van der Waals surface area contributed by atoms with E-state index in [-0.39, 0.29) is 12.4 Å². The number of nitrogens with one attached hydrogen (secondary N) is 1. The Morgan fingerprint density at radius 1 is 1.62 bits per heavy atom. The van der Waals surface area contributed by atoms with Crippen molar-refractivity contribution >= 4 is 29.1 Å². The fourth-order valence-electron chi connectivity index (χ4n) is 1.19. The molecule has 0 aromatic carbocycles. The molecule has 2 unspecified atom stereocenters. The van der Waals surface area contributed by atoms with E-state index < -0.39 is 22.9 Å². The first-order chi connectivity index (χ1) is 5.84. The van der Waals surface area contributed by atoms with Gasteiger partial charge >= 0.3 is 6.18 Å². The zero-order chi connectivity index (χ0) is 10.3. The predicted octanol–water partition coefficient (Wildman–Crippen LogP) is 1.51. The molecule has 0 aliphatic carbocycles. The monoisotopic (exact) mass is 235 g/mol. The summed E-state index contributed by atoms with van der Waals surface area (Å²) in [5.74, 6) is -2.63. The second kappa shape index (κ2) is 3.20. The van der Waals surface area contributed by atoms with Crippen molar-refractivity contribution in [2.45, 2.75) is 11.1 Å². The third kappa shape index (κ3) is 1.48. The first-order valence-corrected chi connectivity index (χ1v) is 4.35. The maximum atomic E-state index is 12.4. The van der Waals surface area contributed by atoms with E-state index in [1.807, 2.05) is 5.32 Å². The maximum Gasteiger partial charge on any atom is 0.416 e. The summed E-state index contributed by atoms with van der Waals surface area (Å²) in [6, 6.07) is 0. The molecule has 0 aromatic rings. The van der Waals surface area contributed by atoms with Crippen LogP contribution in [0.5, 0.6) is 0 Å². The van der Waals surface area contributed by atoms with Crippen molar-refractivity contribution in [3.8, 4) is 0 Å². The smallest absolute Gasteiger partial charge is 0.354 e. The molecule has 0 radical (unpaired) electrons. The highest BCUT2D eigenvalue weighted by molar-refractivity contribution is 6.37. The molecule has 0 saturated carbocycles. The summed E-state index contributed by atoms with van der Waals surface area (Å²) < 4.78 is 37.1. The lowest BCUT2D eigenvalue weighted by Crippen LogP contribution is -2.50. The molecular weight excluding hydrogens is 230 g/mol. The minimum atomic E-state index is -4.77. The van der Waals surface area contributed by atoms with Crippen molar-refractivity contribution in [2.24, 2.45) is 5.92 Å². The SMILES string of the molecule is O=C1NCC(CCl)C1(Cl)C(F)(F)F. The van der Waals surface area contributed by atoms with Crippen LogP contribution in [0, 0.1) is 5.92 Å². The van der Waals surface area contributed by atoms with Crippen LogP contribution in [0.15, 0.2) is 0 Å². The zero-order valence-corrected chi connectivity index (χ0v) is 7.80. The number of carbonyl (C=O) groups is 1. The Hall–Kier alpha value is -0.160. The second-order valence-electron chi connectivity index (χ2n) is 2.77. The summed E-state index contributed by atoms with van der Waals surface area (Å²) in [5.41, 5.74) is 0. The van der Waals surface area contributed by atoms with Gasteiger partial charge in [-0.25, -0.2) is 0 Å². The van der Waals surface area contributed by atoms with E-state index in [1.165, 1.54) is 0 Å². The van der Waals surface area contributed by atoms with Crippen LogP contribution in [-0.4, -0.2) is 29.4 Å². The normalized spacial score (nSPS) is 34.8. The molecular formula is C6H6Cl2F3NO. The van der Waals surface area contributed by atoms with Gasteiger partial charge in [-0.15, -0.1) is 11.6 Å². The van der Waals surface area contributed by atoms with Gasteiger partial charge in [0.25, 0.3) is 5.91 Å². The second-order valence-corrected chi connectivity index (χ2v) is 3.68. The molecule has 2 nitrogen and oxygen atoms in total. The van der Waals surface area contributed by atoms with Gasteiger partial charge in [0.2, 0.25) is 4.87 Å². The number of rotatable bonds is 1. The summed E-state index contributed by atoms with van der Waals surface area (Å²) in [4.78, 5) is 8.04. The van der Waals surface area contributed by atoms with Crippen LogP contribution in [0.25, 0.3) is 0 Å². The number of amides is 1. The molecule has 0 bridgehead atoms. The molecule has 7 heteroatoms. The molecule has 1 fully saturated rings. The molecule has 0 aromatic heterocycles. The van der Waals surface area contributed by atoms with Gasteiger partial charge in [-0.2, -0.15) is 13.2 Å². The molecule has 1 rings (SSSR count). The molecule has 2 atom stereocenters. The van der Waals surface area contributed by atoms with Crippen molar-refractivity contribution in [3.05, 3.63) is 0 Å². The van der Waals surface area contributed by atoms with Crippen molar-refractivity contribution in [1.82, 2.24) is 5.32 Å². The lowest BCUT2D eigenvalue weighted by Gasteiger charge is -2.26. The molecule has 1 heterocycles. The van der Waals surface area contributed by atoms with Crippen LogP contribution in [0.4, 0.5) is 13.2 Å². The number of hydrogen-bond acceptors (Lipinski definition) is 1. The molecule has 1 aliphatic rings. The van der Waals surface area contributed by atoms with Gasteiger partial charge in [0.15, 0.2) is 0 Å². The lowest BCUT2D eigenvalue weighted by atomic mass is 9.96. The minimum absolute atomic E-state index is 0.134. The van der Waals surface area contributed by atoms with Crippen LogP contribution >= 0.6 is 23.2 Å². The summed E-state index contributed by atoms with van der Waals surface area (Å²) in [5, 5.41) is 2.04. The standard InChI is InChI=1S/C6H6Cl2F3NO/c7-1-3-2-12-4(13)5(3,8)6(9,10)11/h3H,1-2H2,(H,12,13). The zero-order valence-electron chi connectivity index (χ0n) is 6.29. The Morgan fingerprint density at radius 3 is 2.46 bits per heavy atom. The van der Waals surface area contributed by atoms with Gasteiger partial charge in [0.1, 0.15) is 0 Å². The molecule has 1 saturated heterocycles. The minimum Gasteiger partial charge on any atom is -0.354 e.